The van der Waals surface area contributed by atoms with Crippen LogP contribution in [-0.4, -0.2) is 60.6 Å². The summed E-state index contributed by atoms with van der Waals surface area (Å²) < 4.78 is 0.961. The first kappa shape index (κ1) is 21.8. The van der Waals surface area contributed by atoms with Crippen molar-refractivity contribution in [3.63, 3.8) is 0 Å². The fraction of sp³-hybridized carbons (Fsp3) is 0.304. The van der Waals surface area contributed by atoms with Crippen LogP contribution in [0.25, 0.3) is 5.57 Å². The fourth-order valence-electron chi connectivity index (χ4n) is 3.90. The lowest BCUT2D eigenvalue weighted by Gasteiger charge is -2.38. The Bertz CT molecular complexity index is 1010. The fourth-order valence-corrected chi connectivity index (χ4v) is 4.39. The lowest BCUT2D eigenvalue weighted by molar-refractivity contribution is -0.114. The molecule has 1 atom stereocenters. The Hall–Kier alpha value is -2.43. The van der Waals surface area contributed by atoms with E-state index in [0.717, 1.165) is 41.1 Å². The summed E-state index contributed by atoms with van der Waals surface area (Å²) in [7, 11) is 0. The summed E-state index contributed by atoms with van der Waals surface area (Å²) in [6, 6.07) is 13.7. The van der Waals surface area contributed by atoms with Crippen LogP contribution in [0.15, 0.2) is 48.7 Å². The number of hydrogen-bond acceptors (Lipinski definition) is 6. The first-order chi connectivity index (χ1) is 15.0. The maximum Gasteiger partial charge on any atom is 0.260 e. The summed E-state index contributed by atoms with van der Waals surface area (Å²) in [5.74, 6) is -0.773. The van der Waals surface area contributed by atoms with Crippen LogP contribution in [0.1, 0.15) is 22.8 Å². The summed E-state index contributed by atoms with van der Waals surface area (Å²) in [6.07, 6.45) is 1.65. The molecule has 3 N–H and O–H groups in total. The molecule has 2 amide bonds. The lowest BCUT2D eigenvalue weighted by atomic mass is 9.95. The molecule has 1 saturated heterocycles. The number of aliphatic hydroxyl groups is 1. The van der Waals surface area contributed by atoms with Crippen molar-refractivity contribution in [2.24, 2.45) is 0 Å². The third kappa shape index (κ3) is 4.76. The molecule has 4 rings (SSSR count). The van der Waals surface area contributed by atoms with Crippen LogP contribution in [0.4, 0.5) is 11.4 Å². The van der Waals surface area contributed by atoms with E-state index in [1.54, 1.807) is 12.3 Å². The van der Waals surface area contributed by atoms with E-state index >= 15 is 0 Å². The molecule has 2 aromatic carbocycles. The highest BCUT2D eigenvalue weighted by Crippen LogP contribution is 2.27. The Morgan fingerprint density at radius 1 is 1.06 bits per heavy atom. The standard InChI is InChI=1S/C23H25IN4O3/c1-15(14-29)27-8-10-28(11-9-27)18-5-3-17(4-6-18)25-13-21-20-12-16(24)2-7-19(20)22(30)26-23(21)31/h2-7,12-13,15,25,29H,8-11,14H2,1H3,(H,26,30,31)/b21-13-. The maximum atomic E-state index is 12.4. The molecular weight excluding hydrogens is 507 g/mol. The minimum absolute atomic E-state index is 0.186. The van der Waals surface area contributed by atoms with Crippen LogP contribution in [0.3, 0.4) is 0 Å². The van der Waals surface area contributed by atoms with Gasteiger partial charge in [0.25, 0.3) is 11.8 Å². The van der Waals surface area contributed by atoms with Crippen molar-refractivity contribution in [2.75, 3.05) is 43.0 Å². The van der Waals surface area contributed by atoms with E-state index in [0.29, 0.717) is 16.7 Å². The van der Waals surface area contributed by atoms with Crippen molar-refractivity contribution in [1.82, 2.24) is 10.2 Å². The minimum Gasteiger partial charge on any atom is -0.395 e. The number of carbonyl (C=O) groups is 2. The molecule has 8 heteroatoms. The highest BCUT2D eigenvalue weighted by molar-refractivity contribution is 14.1. The highest BCUT2D eigenvalue weighted by atomic mass is 127. The predicted molar refractivity (Wildman–Crippen MR) is 130 cm³/mol. The Balaban J connectivity index is 1.45. The third-order valence-corrected chi connectivity index (χ3v) is 6.48. The molecular formula is C23H25IN4O3. The van der Waals surface area contributed by atoms with Gasteiger partial charge < -0.3 is 15.3 Å². The number of piperazine rings is 1. The van der Waals surface area contributed by atoms with Gasteiger partial charge in [0.2, 0.25) is 0 Å². The summed E-state index contributed by atoms with van der Waals surface area (Å²) in [6.45, 7) is 5.94. The number of imide groups is 1. The van der Waals surface area contributed by atoms with Crippen LogP contribution in [-0.2, 0) is 4.79 Å². The average Bonchev–Trinajstić information content (AvgIpc) is 2.78. The number of fused-ring (bicyclic) bond motifs is 1. The van der Waals surface area contributed by atoms with Gasteiger partial charge in [0.05, 0.1) is 12.2 Å². The van der Waals surface area contributed by atoms with E-state index in [1.165, 1.54) is 0 Å². The van der Waals surface area contributed by atoms with Gasteiger partial charge >= 0.3 is 0 Å². The monoisotopic (exact) mass is 532 g/mol. The Labute approximate surface area is 195 Å². The van der Waals surface area contributed by atoms with Gasteiger partial charge in [-0.15, -0.1) is 0 Å². The SMILES string of the molecule is CC(CO)N1CCN(c2ccc(N/C=C3\C(=O)NC(=O)c4ccc(I)cc43)cc2)CC1. The number of aliphatic hydroxyl groups excluding tert-OH is 1. The van der Waals surface area contributed by atoms with Gasteiger partial charge in [-0.05, 0) is 72.0 Å². The largest absolute Gasteiger partial charge is 0.395 e. The van der Waals surface area contributed by atoms with E-state index in [-0.39, 0.29) is 18.6 Å². The first-order valence-corrected chi connectivity index (χ1v) is 11.4. The van der Waals surface area contributed by atoms with E-state index in [4.69, 9.17) is 0 Å². The minimum atomic E-state index is -0.404. The van der Waals surface area contributed by atoms with Crippen molar-refractivity contribution in [2.45, 2.75) is 13.0 Å². The summed E-state index contributed by atoms with van der Waals surface area (Å²) in [5.41, 5.74) is 3.58. The van der Waals surface area contributed by atoms with Crippen molar-refractivity contribution in [3.8, 4) is 0 Å². The number of nitrogens with zero attached hydrogens (tertiary/aromatic N) is 2. The zero-order valence-electron chi connectivity index (χ0n) is 17.3. The summed E-state index contributed by atoms with van der Waals surface area (Å²) >= 11 is 2.17. The maximum absolute atomic E-state index is 12.4. The molecule has 2 aliphatic heterocycles. The highest BCUT2D eigenvalue weighted by Gasteiger charge is 2.27. The van der Waals surface area contributed by atoms with Crippen LogP contribution in [0.2, 0.25) is 0 Å². The number of halogens is 1. The number of nitrogens with one attached hydrogen (secondary N) is 2. The van der Waals surface area contributed by atoms with Gasteiger partial charge in [0.15, 0.2) is 0 Å². The number of rotatable bonds is 5. The molecule has 1 unspecified atom stereocenters. The number of anilines is 2. The first-order valence-electron chi connectivity index (χ1n) is 10.3. The molecule has 162 valence electrons. The molecule has 7 nitrogen and oxygen atoms in total. The van der Waals surface area contributed by atoms with Gasteiger partial charge in [-0.1, -0.05) is 0 Å². The zero-order chi connectivity index (χ0) is 22.0. The molecule has 0 aromatic heterocycles. The third-order valence-electron chi connectivity index (χ3n) is 5.81. The van der Waals surface area contributed by atoms with Crippen molar-refractivity contribution in [3.05, 3.63) is 63.4 Å². The zero-order valence-corrected chi connectivity index (χ0v) is 19.4. The second-order valence-corrected chi connectivity index (χ2v) is 9.02. The van der Waals surface area contributed by atoms with E-state index in [1.807, 2.05) is 31.2 Å². The second-order valence-electron chi connectivity index (χ2n) is 7.78. The van der Waals surface area contributed by atoms with Crippen LogP contribution in [0, 0.1) is 3.57 Å². The van der Waals surface area contributed by atoms with Crippen molar-refractivity contribution < 1.29 is 14.7 Å². The smallest absolute Gasteiger partial charge is 0.260 e. The summed E-state index contributed by atoms with van der Waals surface area (Å²) in [4.78, 5) is 29.1. The average molecular weight is 532 g/mol. The van der Waals surface area contributed by atoms with Crippen molar-refractivity contribution >= 4 is 51.4 Å². The molecule has 2 aliphatic rings. The van der Waals surface area contributed by atoms with Gasteiger partial charge in [-0.2, -0.15) is 0 Å². The topological polar surface area (TPSA) is 84.9 Å². The number of hydrogen-bond donors (Lipinski definition) is 3. The van der Waals surface area contributed by atoms with E-state index in [2.05, 4.69) is 55.2 Å². The molecule has 2 heterocycles. The molecule has 0 aliphatic carbocycles. The molecule has 31 heavy (non-hydrogen) atoms. The lowest BCUT2D eigenvalue weighted by Crippen LogP contribution is -2.50. The van der Waals surface area contributed by atoms with Crippen LogP contribution in [0.5, 0.6) is 0 Å². The molecule has 0 bridgehead atoms. The summed E-state index contributed by atoms with van der Waals surface area (Å²) in [5, 5.41) is 14.9. The Morgan fingerprint density at radius 2 is 1.77 bits per heavy atom. The quantitative estimate of drug-likeness (QED) is 0.312. The van der Waals surface area contributed by atoms with Gasteiger partial charge in [-0.25, -0.2) is 0 Å². The Morgan fingerprint density at radius 3 is 2.45 bits per heavy atom. The second kappa shape index (κ2) is 9.37. The number of amides is 2. The Kier molecular flexibility index (Phi) is 6.59. The molecule has 0 saturated carbocycles. The predicted octanol–water partition coefficient (Wildman–Crippen LogP) is 2.52. The normalized spacial score (nSPS) is 19.2. The number of carbonyl (C=O) groups excluding carboxylic acids is 2. The van der Waals surface area contributed by atoms with Gasteiger partial charge in [-0.3, -0.25) is 19.8 Å². The molecule has 0 spiro atoms. The number of benzene rings is 2. The van der Waals surface area contributed by atoms with Crippen LogP contribution >= 0.6 is 22.6 Å². The van der Waals surface area contributed by atoms with E-state index in [9.17, 15) is 14.7 Å². The van der Waals surface area contributed by atoms with Gasteiger partial charge in [0, 0.05) is 64.5 Å². The molecule has 1 fully saturated rings. The van der Waals surface area contributed by atoms with Crippen molar-refractivity contribution in [1.29, 1.82) is 0 Å². The molecule has 2 aromatic rings. The van der Waals surface area contributed by atoms with E-state index < -0.39 is 5.91 Å². The molecule has 0 radical (unpaired) electrons. The van der Waals surface area contributed by atoms with Gasteiger partial charge in [0.1, 0.15) is 0 Å². The van der Waals surface area contributed by atoms with Crippen LogP contribution < -0.4 is 15.5 Å².